The lowest BCUT2D eigenvalue weighted by Gasteiger charge is -2.25. The normalized spacial score (nSPS) is 12.2. The molecule has 0 saturated heterocycles. The number of hydrogen-bond acceptors (Lipinski definition) is 5. The number of aryl methyl sites for hydroxylation is 1. The highest BCUT2D eigenvalue weighted by atomic mass is 16.6. The van der Waals surface area contributed by atoms with Crippen LogP contribution in [0.5, 0.6) is 5.75 Å². The molecule has 0 spiro atoms. The van der Waals surface area contributed by atoms with Crippen molar-refractivity contribution in [3.8, 4) is 16.9 Å². The molecule has 0 aliphatic rings. The molecular weight excluding hydrogens is 406 g/mol. The molecule has 1 atom stereocenters. The Morgan fingerprint density at radius 2 is 1.75 bits per heavy atom. The quantitative estimate of drug-likeness (QED) is 0.535. The molecule has 6 heteroatoms. The van der Waals surface area contributed by atoms with Crippen molar-refractivity contribution < 1.29 is 23.8 Å². The van der Waals surface area contributed by atoms with E-state index < -0.39 is 17.5 Å². The Bertz CT molecular complexity index is 1110. The van der Waals surface area contributed by atoms with Crippen molar-refractivity contribution in [1.82, 2.24) is 4.98 Å². The van der Waals surface area contributed by atoms with Crippen LogP contribution in [0.1, 0.15) is 53.9 Å². The first-order valence-electron chi connectivity index (χ1n) is 10.4. The fourth-order valence-corrected chi connectivity index (χ4v) is 3.61. The van der Waals surface area contributed by atoms with Crippen LogP contribution < -0.4 is 4.74 Å². The van der Waals surface area contributed by atoms with E-state index in [-0.39, 0.29) is 5.97 Å². The highest BCUT2D eigenvalue weighted by molar-refractivity contribution is 5.91. The van der Waals surface area contributed by atoms with Crippen molar-refractivity contribution in [2.24, 2.45) is 0 Å². The van der Waals surface area contributed by atoms with Crippen molar-refractivity contribution in [3.63, 3.8) is 0 Å². The van der Waals surface area contributed by atoms with Crippen LogP contribution in [0.15, 0.2) is 54.7 Å². The second kappa shape index (κ2) is 9.30. The van der Waals surface area contributed by atoms with Crippen LogP contribution >= 0.6 is 0 Å². The van der Waals surface area contributed by atoms with Gasteiger partial charge in [-0.25, -0.2) is 4.79 Å². The number of rotatable bonds is 6. The van der Waals surface area contributed by atoms with Crippen LogP contribution in [0.2, 0.25) is 0 Å². The van der Waals surface area contributed by atoms with Gasteiger partial charge in [0, 0.05) is 17.5 Å². The number of nitrogens with one attached hydrogen (secondary N) is 1. The Hall–Kier alpha value is -3.54. The molecule has 0 saturated carbocycles. The van der Waals surface area contributed by atoms with Gasteiger partial charge in [0.15, 0.2) is 0 Å². The zero-order chi connectivity index (χ0) is 23.5. The fraction of sp³-hybridized carbons (Fsp3) is 0.308. The number of methoxy groups -OCH3 is 2. The molecule has 3 aromatic rings. The summed E-state index contributed by atoms with van der Waals surface area (Å²) in [5.41, 5.74) is 3.90. The predicted molar refractivity (Wildman–Crippen MR) is 123 cm³/mol. The number of aromatic nitrogens is 1. The van der Waals surface area contributed by atoms with E-state index in [4.69, 9.17) is 14.2 Å². The third kappa shape index (κ3) is 5.02. The van der Waals surface area contributed by atoms with Gasteiger partial charge in [-0.05, 0) is 80.8 Å². The van der Waals surface area contributed by atoms with Gasteiger partial charge in [0.05, 0.1) is 19.8 Å². The fourth-order valence-electron chi connectivity index (χ4n) is 3.61. The summed E-state index contributed by atoms with van der Waals surface area (Å²) in [6, 6.07) is 14.7. The first-order valence-corrected chi connectivity index (χ1v) is 10.4. The molecular formula is C26H29NO5. The Morgan fingerprint density at radius 1 is 1.00 bits per heavy atom. The summed E-state index contributed by atoms with van der Waals surface area (Å²) < 4.78 is 16.2. The summed E-state index contributed by atoms with van der Waals surface area (Å²) in [5, 5.41) is 0. The molecule has 3 rings (SSSR count). The molecule has 0 aliphatic heterocycles. The Morgan fingerprint density at radius 3 is 2.34 bits per heavy atom. The third-order valence-electron chi connectivity index (χ3n) is 5.09. The van der Waals surface area contributed by atoms with Crippen molar-refractivity contribution >= 4 is 11.9 Å². The van der Waals surface area contributed by atoms with E-state index in [1.54, 1.807) is 25.4 Å². The van der Waals surface area contributed by atoms with Crippen LogP contribution in [0, 0.1) is 6.92 Å². The van der Waals surface area contributed by atoms with Gasteiger partial charge in [0.2, 0.25) is 0 Å². The van der Waals surface area contributed by atoms with Crippen LogP contribution in [0.25, 0.3) is 11.1 Å². The highest BCUT2D eigenvalue weighted by Crippen LogP contribution is 2.37. The van der Waals surface area contributed by atoms with E-state index in [1.807, 2.05) is 64.1 Å². The molecule has 1 unspecified atom stereocenters. The van der Waals surface area contributed by atoms with Gasteiger partial charge < -0.3 is 19.2 Å². The average Bonchev–Trinajstić information content (AvgIpc) is 3.26. The molecule has 0 amide bonds. The van der Waals surface area contributed by atoms with Gasteiger partial charge in [-0.3, -0.25) is 4.79 Å². The SMILES string of the molecule is COC(=O)c1ccc(C)c(-c2ccc(OC)c(C(C(=O)OC(C)(C)C)c3ccc[nH]3)c2)c1. The van der Waals surface area contributed by atoms with Gasteiger partial charge >= 0.3 is 11.9 Å². The van der Waals surface area contributed by atoms with Gasteiger partial charge in [-0.1, -0.05) is 12.1 Å². The first-order chi connectivity index (χ1) is 15.1. The molecule has 0 aliphatic carbocycles. The molecule has 2 aromatic carbocycles. The van der Waals surface area contributed by atoms with E-state index in [0.29, 0.717) is 22.6 Å². The molecule has 168 valence electrons. The lowest BCUT2D eigenvalue weighted by molar-refractivity contribution is -0.155. The number of H-pyrrole nitrogens is 1. The zero-order valence-electron chi connectivity index (χ0n) is 19.3. The Kier molecular flexibility index (Phi) is 6.72. The van der Waals surface area contributed by atoms with Crippen LogP contribution in [-0.4, -0.2) is 36.7 Å². The van der Waals surface area contributed by atoms with Gasteiger partial charge in [0.25, 0.3) is 0 Å². The van der Waals surface area contributed by atoms with Crippen LogP contribution in [0.3, 0.4) is 0 Å². The van der Waals surface area contributed by atoms with Crippen LogP contribution in [-0.2, 0) is 14.3 Å². The highest BCUT2D eigenvalue weighted by Gasteiger charge is 2.31. The molecule has 0 bridgehead atoms. The van der Waals surface area contributed by atoms with E-state index >= 15 is 0 Å². The molecule has 1 N–H and O–H groups in total. The maximum Gasteiger partial charge on any atom is 0.337 e. The summed E-state index contributed by atoms with van der Waals surface area (Å²) in [6.07, 6.45) is 1.77. The summed E-state index contributed by atoms with van der Waals surface area (Å²) in [7, 11) is 2.93. The molecule has 1 aromatic heterocycles. The number of benzene rings is 2. The van der Waals surface area contributed by atoms with Crippen LogP contribution in [0.4, 0.5) is 0 Å². The first kappa shape index (κ1) is 23.1. The molecule has 0 radical (unpaired) electrons. The largest absolute Gasteiger partial charge is 0.496 e. The summed E-state index contributed by atoms with van der Waals surface area (Å²) >= 11 is 0. The number of carbonyl (C=O) groups excluding carboxylic acids is 2. The second-order valence-electron chi connectivity index (χ2n) is 8.57. The summed E-state index contributed by atoms with van der Waals surface area (Å²) in [6.45, 7) is 7.49. The molecule has 0 fully saturated rings. The van der Waals surface area contributed by atoms with Crippen molar-refractivity contribution in [2.75, 3.05) is 14.2 Å². The van der Waals surface area contributed by atoms with Gasteiger partial charge in [-0.15, -0.1) is 0 Å². The number of ether oxygens (including phenoxy) is 3. The standard InChI is InChI=1S/C26H29NO5/c1-16-9-10-18(24(28)31-6)15-19(16)17-11-12-22(30-5)20(14-17)23(21-8-7-13-27-21)25(29)32-26(2,3)4/h7-15,23,27H,1-6H3. The number of carbonyl (C=O) groups is 2. The number of esters is 2. The maximum absolute atomic E-state index is 13.3. The van der Waals surface area contributed by atoms with E-state index in [2.05, 4.69) is 4.98 Å². The molecule has 32 heavy (non-hydrogen) atoms. The number of aromatic amines is 1. The average molecular weight is 436 g/mol. The number of hydrogen-bond donors (Lipinski definition) is 1. The van der Waals surface area contributed by atoms with Gasteiger partial charge in [-0.2, -0.15) is 0 Å². The van der Waals surface area contributed by atoms with E-state index in [0.717, 1.165) is 16.7 Å². The van der Waals surface area contributed by atoms with E-state index in [1.165, 1.54) is 7.11 Å². The Balaban J connectivity index is 2.17. The van der Waals surface area contributed by atoms with Crippen molar-refractivity contribution in [1.29, 1.82) is 0 Å². The minimum Gasteiger partial charge on any atom is -0.496 e. The predicted octanol–water partition coefficient (Wildman–Crippen LogP) is 5.26. The molecule has 6 nitrogen and oxygen atoms in total. The minimum atomic E-state index is -0.705. The summed E-state index contributed by atoms with van der Waals surface area (Å²) in [4.78, 5) is 28.5. The third-order valence-corrected chi connectivity index (χ3v) is 5.09. The summed E-state index contributed by atoms with van der Waals surface area (Å²) in [5.74, 6) is -0.919. The smallest absolute Gasteiger partial charge is 0.337 e. The molecule has 1 heterocycles. The lowest BCUT2D eigenvalue weighted by atomic mass is 9.90. The van der Waals surface area contributed by atoms with Crippen molar-refractivity contribution in [2.45, 2.75) is 39.2 Å². The maximum atomic E-state index is 13.3. The lowest BCUT2D eigenvalue weighted by Crippen LogP contribution is -2.28. The van der Waals surface area contributed by atoms with E-state index in [9.17, 15) is 9.59 Å². The topological polar surface area (TPSA) is 77.6 Å². The monoisotopic (exact) mass is 435 g/mol. The van der Waals surface area contributed by atoms with Crippen molar-refractivity contribution in [3.05, 3.63) is 77.1 Å². The zero-order valence-corrected chi connectivity index (χ0v) is 19.3. The van der Waals surface area contributed by atoms with Gasteiger partial charge in [0.1, 0.15) is 17.3 Å². The second-order valence-corrected chi connectivity index (χ2v) is 8.57. The minimum absolute atomic E-state index is 0.379. The Labute approximate surface area is 188 Å².